The largest absolute Gasteiger partial charge is 0.454 e. The number of ether oxygens (including phenoxy) is 2. The smallest absolute Gasteiger partial charge is 0.259 e. The van der Waals surface area contributed by atoms with Crippen LogP contribution in [-0.4, -0.2) is 34.8 Å². The zero-order valence-electron chi connectivity index (χ0n) is 17.6. The van der Waals surface area contributed by atoms with Gasteiger partial charge >= 0.3 is 0 Å². The number of likely N-dealkylation sites (tertiary alicyclic amines) is 1. The first-order valence-electron chi connectivity index (χ1n) is 10.5. The van der Waals surface area contributed by atoms with Gasteiger partial charge in [-0.3, -0.25) is 9.59 Å². The molecule has 1 aliphatic carbocycles. The summed E-state index contributed by atoms with van der Waals surface area (Å²) in [5.74, 6) is 1.07. The van der Waals surface area contributed by atoms with Gasteiger partial charge in [-0.2, -0.15) is 0 Å². The van der Waals surface area contributed by atoms with Crippen LogP contribution in [0.2, 0.25) is 0 Å². The molecule has 2 unspecified atom stereocenters. The van der Waals surface area contributed by atoms with E-state index < -0.39 is 0 Å². The molecule has 3 aliphatic rings. The van der Waals surface area contributed by atoms with Gasteiger partial charge in [-0.05, 0) is 43.1 Å². The van der Waals surface area contributed by atoms with Gasteiger partial charge in [0, 0.05) is 31.4 Å². The maximum absolute atomic E-state index is 13.6. The highest BCUT2D eigenvalue weighted by Crippen LogP contribution is 2.52. The highest BCUT2D eigenvalue weighted by molar-refractivity contribution is 5.98. The second kappa shape index (κ2) is 6.00. The van der Waals surface area contributed by atoms with Crippen LogP contribution >= 0.6 is 0 Å². The van der Waals surface area contributed by atoms with Crippen LogP contribution in [0.25, 0.3) is 10.9 Å². The van der Waals surface area contributed by atoms with Crippen molar-refractivity contribution in [3.8, 4) is 11.5 Å². The first-order chi connectivity index (χ1) is 13.7. The van der Waals surface area contributed by atoms with Crippen molar-refractivity contribution in [1.29, 1.82) is 0 Å². The predicted molar refractivity (Wildman–Crippen MR) is 111 cm³/mol. The van der Waals surface area contributed by atoms with Crippen LogP contribution in [0.5, 0.6) is 11.5 Å². The van der Waals surface area contributed by atoms with Gasteiger partial charge in [-0.25, -0.2) is 0 Å². The first-order valence-corrected chi connectivity index (χ1v) is 10.5. The normalized spacial score (nSPS) is 26.9. The van der Waals surface area contributed by atoms with Crippen LogP contribution in [0.3, 0.4) is 0 Å². The van der Waals surface area contributed by atoms with Crippen LogP contribution < -0.4 is 14.9 Å². The van der Waals surface area contributed by atoms with Crippen LogP contribution in [0, 0.1) is 10.8 Å². The Hall–Kier alpha value is -2.50. The number of carbonyl (C=O) groups is 1. The van der Waals surface area contributed by atoms with Crippen molar-refractivity contribution in [1.82, 2.24) is 9.47 Å². The van der Waals surface area contributed by atoms with Crippen molar-refractivity contribution in [2.45, 2.75) is 59.5 Å². The quantitative estimate of drug-likeness (QED) is 0.775. The average molecular weight is 396 g/mol. The molecule has 2 aromatic rings. The number of aryl methyl sites for hydroxylation is 1. The van der Waals surface area contributed by atoms with Gasteiger partial charge in [0.05, 0.1) is 10.9 Å². The maximum Gasteiger partial charge on any atom is 0.259 e. The third kappa shape index (κ3) is 2.83. The summed E-state index contributed by atoms with van der Waals surface area (Å²) >= 11 is 0. The Morgan fingerprint density at radius 2 is 1.90 bits per heavy atom. The summed E-state index contributed by atoms with van der Waals surface area (Å²) in [4.78, 5) is 28.9. The van der Waals surface area contributed by atoms with Gasteiger partial charge in [0.2, 0.25) is 12.2 Å². The van der Waals surface area contributed by atoms with E-state index in [1.54, 1.807) is 12.3 Å². The van der Waals surface area contributed by atoms with Crippen LogP contribution in [0.15, 0.2) is 23.1 Å². The molecule has 2 atom stereocenters. The standard InChI is InChI=1S/C23H28N2O4/c1-5-24-10-16(20(26)15-6-18-19(7-17(15)24)29-13-28-18)21(27)25-12-23(4)9-14(25)8-22(2,3)11-23/h6-7,10,14H,5,8-9,11-13H2,1-4H3. The maximum atomic E-state index is 13.6. The lowest BCUT2D eigenvalue weighted by Crippen LogP contribution is -2.39. The zero-order valence-corrected chi connectivity index (χ0v) is 17.6. The summed E-state index contributed by atoms with van der Waals surface area (Å²) in [5, 5.41) is 0.510. The Morgan fingerprint density at radius 3 is 2.62 bits per heavy atom. The summed E-state index contributed by atoms with van der Waals surface area (Å²) < 4.78 is 12.9. The van der Waals surface area contributed by atoms with E-state index in [9.17, 15) is 9.59 Å². The molecule has 6 heteroatoms. The van der Waals surface area contributed by atoms with Crippen molar-refractivity contribution in [3.05, 3.63) is 34.1 Å². The molecule has 29 heavy (non-hydrogen) atoms. The number of hydrogen-bond donors (Lipinski definition) is 0. The predicted octanol–water partition coefficient (Wildman–Crippen LogP) is 3.79. The highest BCUT2D eigenvalue weighted by Gasteiger charge is 2.51. The molecule has 2 bridgehead atoms. The van der Waals surface area contributed by atoms with Crippen LogP contribution in [0.1, 0.15) is 57.3 Å². The molecule has 3 heterocycles. The number of fused-ring (bicyclic) bond motifs is 4. The molecule has 0 N–H and O–H groups in total. The van der Waals surface area contributed by atoms with E-state index in [0.717, 1.165) is 31.3 Å². The SMILES string of the molecule is CCn1cc(C(=O)N2CC3(C)CC2CC(C)(C)C3)c(=O)c2cc3c(cc21)OCO3. The molecule has 1 aromatic carbocycles. The molecule has 5 rings (SSSR count). The average Bonchev–Trinajstić information content (AvgIpc) is 3.20. The minimum Gasteiger partial charge on any atom is -0.454 e. The number of amides is 1. The molecule has 0 radical (unpaired) electrons. The minimum absolute atomic E-state index is 0.134. The topological polar surface area (TPSA) is 60.8 Å². The molecule has 154 valence electrons. The lowest BCUT2D eigenvalue weighted by Gasteiger charge is -2.39. The minimum atomic E-state index is -0.223. The Bertz CT molecular complexity index is 1090. The number of aromatic nitrogens is 1. The molecule has 2 fully saturated rings. The lowest BCUT2D eigenvalue weighted by molar-refractivity contribution is 0.0706. The number of rotatable bonds is 2. The fourth-order valence-electron chi connectivity index (χ4n) is 6.05. The van der Waals surface area contributed by atoms with Crippen molar-refractivity contribution in [2.75, 3.05) is 13.3 Å². The highest BCUT2D eigenvalue weighted by atomic mass is 16.7. The summed E-state index contributed by atoms with van der Waals surface area (Å²) in [6.45, 7) is 10.4. The van der Waals surface area contributed by atoms with Gasteiger partial charge < -0.3 is 18.9 Å². The molecule has 6 nitrogen and oxygen atoms in total. The van der Waals surface area contributed by atoms with E-state index in [4.69, 9.17) is 9.47 Å². The molecular weight excluding hydrogens is 368 g/mol. The van der Waals surface area contributed by atoms with Gasteiger partial charge in [-0.15, -0.1) is 0 Å². The Balaban J connectivity index is 1.60. The van der Waals surface area contributed by atoms with Crippen molar-refractivity contribution in [2.24, 2.45) is 10.8 Å². The van der Waals surface area contributed by atoms with Crippen molar-refractivity contribution in [3.63, 3.8) is 0 Å². The van der Waals surface area contributed by atoms with Crippen LogP contribution in [-0.2, 0) is 6.54 Å². The van der Waals surface area contributed by atoms with Gasteiger partial charge in [0.1, 0.15) is 5.56 Å². The third-order valence-corrected chi connectivity index (χ3v) is 6.82. The summed E-state index contributed by atoms with van der Waals surface area (Å²) in [7, 11) is 0. The number of pyridine rings is 1. The fraction of sp³-hybridized carbons (Fsp3) is 0.565. The molecule has 1 amide bonds. The first kappa shape index (κ1) is 18.5. The Kier molecular flexibility index (Phi) is 3.83. The molecule has 1 aromatic heterocycles. The summed E-state index contributed by atoms with van der Waals surface area (Å²) in [6.07, 6.45) is 4.85. The molecule has 1 saturated heterocycles. The lowest BCUT2D eigenvalue weighted by atomic mass is 9.65. The number of nitrogens with zero attached hydrogens (tertiary/aromatic N) is 2. The summed E-state index contributed by atoms with van der Waals surface area (Å²) in [5.41, 5.74) is 1.16. The number of hydrogen-bond acceptors (Lipinski definition) is 4. The van der Waals surface area contributed by atoms with E-state index >= 15 is 0 Å². The number of benzene rings is 1. The van der Waals surface area contributed by atoms with Crippen molar-refractivity contribution < 1.29 is 14.3 Å². The van der Waals surface area contributed by atoms with Gasteiger partial charge in [0.25, 0.3) is 5.91 Å². The second-order valence-electron chi connectivity index (χ2n) is 10.0. The molecule has 0 spiro atoms. The molecule has 1 saturated carbocycles. The van der Waals surface area contributed by atoms with Gasteiger partial charge in [-0.1, -0.05) is 20.8 Å². The second-order valence-corrected chi connectivity index (χ2v) is 10.0. The molecule has 2 aliphatic heterocycles. The van der Waals surface area contributed by atoms with E-state index in [-0.39, 0.29) is 40.6 Å². The van der Waals surface area contributed by atoms with E-state index in [1.807, 2.05) is 22.5 Å². The Morgan fingerprint density at radius 1 is 1.17 bits per heavy atom. The number of carbonyl (C=O) groups excluding carboxylic acids is 1. The van der Waals surface area contributed by atoms with Crippen molar-refractivity contribution >= 4 is 16.8 Å². The fourth-order valence-corrected chi connectivity index (χ4v) is 6.05. The Labute approximate surface area is 170 Å². The van der Waals surface area contributed by atoms with E-state index in [2.05, 4.69) is 20.8 Å². The monoisotopic (exact) mass is 396 g/mol. The summed E-state index contributed by atoms with van der Waals surface area (Å²) in [6, 6.07) is 3.76. The van der Waals surface area contributed by atoms with Gasteiger partial charge in [0.15, 0.2) is 11.5 Å². The molecular formula is C23H28N2O4. The zero-order chi connectivity index (χ0) is 20.6. The van der Waals surface area contributed by atoms with E-state index in [1.165, 1.54) is 0 Å². The van der Waals surface area contributed by atoms with Crippen LogP contribution in [0.4, 0.5) is 0 Å². The van der Waals surface area contributed by atoms with E-state index in [0.29, 0.717) is 23.4 Å². The third-order valence-electron chi connectivity index (χ3n) is 6.82.